The van der Waals surface area contributed by atoms with E-state index >= 15 is 0 Å². The molecule has 0 aliphatic heterocycles. The van der Waals surface area contributed by atoms with E-state index in [0.29, 0.717) is 5.69 Å². The molecule has 27 heavy (non-hydrogen) atoms. The molecule has 0 amide bonds. The number of aromatic nitrogens is 5. The van der Waals surface area contributed by atoms with Gasteiger partial charge in [0.15, 0.2) is 0 Å². The van der Waals surface area contributed by atoms with Gasteiger partial charge in [0.25, 0.3) is 0 Å². The minimum Gasteiger partial charge on any atom is -0.282 e. The molecule has 4 rings (SSSR count). The van der Waals surface area contributed by atoms with Crippen molar-refractivity contribution in [1.29, 1.82) is 0 Å². The largest absolute Gasteiger partial charge is 0.282 e. The smallest absolute Gasteiger partial charge is 0.229 e. The monoisotopic (exact) mass is 380 g/mol. The first-order chi connectivity index (χ1) is 12.9. The molecule has 1 aromatic carbocycles. The van der Waals surface area contributed by atoms with Gasteiger partial charge >= 0.3 is 0 Å². The van der Waals surface area contributed by atoms with Crippen molar-refractivity contribution in [2.45, 2.75) is 0 Å². The van der Waals surface area contributed by atoms with Gasteiger partial charge in [-0.25, -0.2) is 13.4 Å². The third kappa shape index (κ3) is 3.77. The number of anilines is 1. The summed E-state index contributed by atoms with van der Waals surface area (Å²) in [5.74, 6) is 0. The third-order valence-electron chi connectivity index (χ3n) is 3.92. The Balaban J connectivity index is 1.75. The first-order valence-electron chi connectivity index (χ1n) is 8.06. The number of pyridine rings is 1. The fourth-order valence-corrected chi connectivity index (χ4v) is 3.29. The molecule has 0 saturated heterocycles. The summed E-state index contributed by atoms with van der Waals surface area (Å²) in [4.78, 5) is 13.3. The third-order valence-corrected chi connectivity index (χ3v) is 4.52. The summed E-state index contributed by atoms with van der Waals surface area (Å²) < 4.78 is 27.0. The number of hydrogen-bond acceptors (Lipinski definition) is 6. The zero-order valence-corrected chi connectivity index (χ0v) is 15.5. The van der Waals surface area contributed by atoms with Crippen LogP contribution in [0.3, 0.4) is 0 Å². The van der Waals surface area contributed by atoms with Crippen LogP contribution in [0.15, 0.2) is 55.2 Å². The maximum atomic E-state index is 11.4. The van der Waals surface area contributed by atoms with E-state index in [9.17, 15) is 8.42 Å². The number of fused-ring (bicyclic) bond motifs is 1. The first-order valence-corrected chi connectivity index (χ1v) is 9.95. The predicted molar refractivity (Wildman–Crippen MR) is 103 cm³/mol. The summed E-state index contributed by atoms with van der Waals surface area (Å²) in [7, 11) is -1.52. The Morgan fingerprint density at radius 3 is 2.56 bits per heavy atom. The lowest BCUT2D eigenvalue weighted by Gasteiger charge is -2.07. The molecule has 4 aromatic rings. The Morgan fingerprint density at radius 1 is 0.963 bits per heavy atom. The molecule has 0 saturated carbocycles. The zero-order chi connectivity index (χ0) is 19.0. The highest BCUT2D eigenvalue weighted by Gasteiger charge is 2.08. The average molecular weight is 380 g/mol. The number of nitrogens with zero attached hydrogens (tertiary/aromatic N) is 5. The van der Waals surface area contributed by atoms with Gasteiger partial charge in [-0.3, -0.25) is 19.4 Å². The van der Waals surface area contributed by atoms with Gasteiger partial charge in [-0.2, -0.15) is 5.10 Å². The minimum absolute atomic E-state index is 0.408. The molecule has 0 spiro atoms. The molecule has 0 radical (unpaired) electrons. The van der Waals surface area contributed by atoms with Crippen LogP contribution < -0.4 is 4.72 Å². The number of benzene rings is 1. The van der Waals surface area contributed by atoms with E-state index in [1.165, 1.54) is 6.20 Å². The number of nitrogens with one attached hydrogen (secondary N) is 1. The van der Waals surface area contributed by atoms with Crippen molar-refractivity contribution in [3.05, 3.63) is 55.2 Å². The van der Waals surface area contributed by atoms with Gasteiger partial charge in [-0.1, -0.05) is 6.07 Å². The highest BCUT2D eigenvalue weighted by atomic mass is 32.2. The van der Waals surface area contributed by atoms with Crippen molar-refractivity contribution in [3.8, 4) is 22.4 Å². The van der Waals surface area contributed by atoms with E-state index in [1.807, 2.05) is 31.4 Å². The Morgan fingerprint density at radius 2 is 1.81 bits per heavy atom. The fourth-order valence-electron chi connectivity index (χ4n) is 2.75. The summed E-state index contributed by atoms with van der Waals surface area (Å²) in [5.41, 5.74) is 5.17. The van der Waals surface area contributed by atoms with Crippen molar-refractivity contribution >= 4 is 26.7 Å². The standard InChI is InChI=1S/C18H16N6O2S/c1-24-11-14(8-21-24)18-10-20-16-4-3-12(6-17(16)22-18)13-5-15(9-19-7-13)23-27(2,25)26/h3-11,23H,1-2H3. The minimum atomic E-state index is -3.37. The Bertz CT molecular complexity index is 1250. The van der Waals surface area contributed by atoms with Gasteiger partial charge in [-0.05, 0) is 23.8 Å². The highest BCUT2D eigenvalue weighted by Crippen LogP contribution is 2.26. The maximum absolute atomic E-state index is 11.4. The Kier molecular flexibility index (Phi) is 4.08. The van der Waals surface area contributed by atoms with Gasteiger partial charge in [0.05, 0.1) is 47.3 Å². The zero-order valence-electron chi connectivity index (χ0n) is 14.7. The molecular weight excluding hydrogens is 364 g/mol. The molecule has 0 bridgehead atoms. The van der Waals surface area contributed by atoms with E-state index in [-0.39, 0.29) is 0 Å². The molecule has 9 heteroatoms. The van der Waals surface area contributed by atoms with Gasteiger partial charge in [0, 0.05) is 30.6 Å². The summed E-state index contributed by atoms with van der Waals surface area (Å²) >= 11 is 0. The summed E-state index contributed by atoms with van der Waals surface area (Å²) in [6.45, 7) is 0. The van der Waals surface area contributed by atoms with E-state index in [4.69, 9.17) is 0 Å². The van der Waals surface area contributed by atoms with Crippen molar-refractivity contribution in [1.82, 2.24) is 24.7 Å². The molecule has 3 heterocycles. The van der Waals surface area contributed by atoms with E-state index < -0.39 is 10.0 Å². The maximum Gasteiger partial charge on any atom is 0.229 e. The van der Waals surface area contributed by atoms with Crippen LogP contribution in [0, 0.1) is 0 Å². The van der Waals surface area contributed by atoms with Gasteiger partial charge in [0.2, 0.25) is 10.0 Å². The lowest BCUT2D eigenvalue weighted by atomic mass is 10.1. The molecule has 8 nitrogen and oxygen atoms in total. The normalized spacial score (nSPS) is 11.6. The van der Waals surface area contributed by atoms with Crippen LogP contribution in [0.1, 0.15) is 0 Å². The van der Waals surface area contributed by atoms with Crippen molar-refractivity contribution in [3.63, 3.8) is 0 Å². The van der Waals surface area contributed by atoms with E-state index in [1.54, 1.807) is 29.3 Å². The van der Waals surface area contributed by atoms with E-state index in [0.717, 1.165) is 39.7 Å². The SMILES string of the molecule is Cn1cc(-c2cnc3ccc(-c4cncc(NS(C)(=O)=O)c4)cc3n2)cn1. The number of sulfonamides is 1. The molecule has 136 valence electrons. The second kappa shape index (κ2) is 6.44. The summed E-state index contributed by atoms with van der Waals surface area (Å²) in [5, 5.41) is 4.16. The topological polar surface area (TPSA) is 103 Å². The summed E-state index contributed by atoms with van der Waals surface area (Å²) in [6, 6.07) is 7.42. The molecule has 0 aliphatic rings. The quantitative estimate of drug-likeness (QED) is 0.583. The number of rotatable bonds is 4. The van der Waals surface area contributed by atoms with Crippen LogP contribution in [0.25, 0.3) is 33.4 Å². The number of hydrogen-bond donors (Lipinski definition) is 1. The Hall–Kier alpha value is -3.33. The molecule has 1 N–H and O–H groups in total. The van der Waals surface area contributed by atoms with Crippen LogP contribution in [0.2, 0.25) is 0 Å². The molecule has 0 fully saturated rings. The van der Waals surface area contributed by atoms with E-state index in [2.05, 4.69) is 24.8 Å². The average Bonchev–Trinajstić information content (AvgIpc) is 3.06. The van der Waals surface area contributed by atoms with Crippen molar-refractivity contribution < 1.29 is 8.42 Å². The lowest BCUT2D eigenvalue weighted by molar-refractivity contribution is 0.607. The lowest BCUT2D eigenvalue weighted by Crippen LogP contribution is -2.09. The van der Waals surface area contributed by atoms with Gasteiger partial charge in [-0.15, -0.1) is 0 Å². The van der Waals surface area contributed by atoms with Crippen LogP contribution in [0.5, 0.6) is 0 Å². The molecule has 0 unspecified atom stereocenters. The molecular formula is C18H16N6O2S. The second-order valence-corrected chi connectivity index (χ2v) is 7.95. The van der Waals surface area contributed by atoms with Crippen LogP contribution in [0.4, 0.5) is 5.69 Å². The molecule has 0 atom stereocenters. The Labute approximate surface area is 156 Å². The van der Waals surface area contributed by atoms with Crippen LogP contribution >= 0.6 is 0 Å². The molecule has 3 aromatic heterocycles. The summed E-state index contributed by atoms with van der Waals surface area (Å²) in [6.07, 6.45) is 9.58. The van der Waals surface area contributed by atoms with Crippen molar-refractivity contribution in [2.75, 3.05) is 11.0 Å². The first kappa shape index (κ1) is 17.1. The van der Waals surface area contributed by atoms with Crippen LogP contribution in [-0.2, 0) is 17.1 Å². The van der Waals surface area contributed by atoms with Gasteiger partial charge in [0.1, 0.15) is 0 Å². The second-order valence-electron chi connectivity index (χ2n) is 6.20. The molecule has 0 aliphatic carbocycles. The van der Waals surface area contributed by atoms with Gasteiger partial charge < -0.3 is 0 Å². The number of aryl methyl sites for hydroxylation is 1. The fraction of sp³-hybridized carbons (Fsp3) is 0.111. The van der Waals surface area contributed by atoms with Crippen LogP contribution in [-0.4, -0.2) is 39.4 Å². The van der Waals surface area contributed by atoms with Crippen molar-refractivity contribution in [2.24, 2.45) is 7.05 Å². The highest BCUT2D eigenvalue weighted by molar-refractivity contribution is 7.92. The predicted octanol–water partition coefficient (Wildman–Crippen LogP) is 2.46.